The Morgan fingerprint density at radius 1 is 1.18 bits per heavy atom. The van der Waals surface area contributed by atoms with E-state index in [0.717, 1.165) is 43.5 Å². The van der Waals surface area contributed by atoms with E-state index in [-0.39, 0.29) is 5.91 Å². The van der Waals surface area contributed by atoms with E-state index < -0.39 is 0 Å². The molecule has 0 atom stereocenters. The van der Waals surface area contributed by atoms with E-state index in [2.05, 4.69) is 28.4 Å². The van der Waals surface area contributed by atoms with Crippen molar-refractivity contribution >= 4 is 5.91 Å². The maximum atomic E-state index is 11.4. The average molecular weight is 299 g/mol. The molecule has 1 aromatic carbocycles. The average Bonchev–Trinajstić information content (AvgIpc) is 3.03. The van der Waals surface area contributed by atoms with Gasteiger partial charge in [0.15, 0.2) is 0 Å². The molecule has 0 aliphatic carbocycles. The van der Waals surface area contributed by atoms with Crippen LogP contribution in [0.15, 0.2) is 36.4 Å². The van der Waals surface area contributed by atoms with Gasteiger partial charge in [0.1, 0.15) is 0 Å². The van der Waals surface area contributed by atoms with E-state index in [4.69, 9.17) is 0 Å². The number of amides is 1. The molecule has 1 heterocycles. The fourth-order valence-electron chi connectivity index (χ4n) is 2.48. The van der Waals surface area contributed by atoms with Crippen LogP contribution in [-0.4, -0.2) is 34.6 Å². The first-order chi connectivity index (χ1) is 10.7. The first-order valence-corrected chi connectivity index (χ1v) is 8.04. The zero-order valence-corrected chi connectivity index (χ0v) is 13.5. The molecule has 0 fully saturated rings. The molecule has 0 saturated carbocycles. The Hall–Kier alpha value is -2.10. The molecule has 0 unspecified atom stereocenters. The van der Waals surface area contributed by atoms with Gasteiger partial charge in [-0.25, -0.2) is 0 Å². The Bertz CT molecular complexity index is 577. The van der Waals surface area contributed by atoms with Gasteiger partial charge in [0.05, 0.1) is 5.69 Å². The molecule has 0 radical (unpaired) electrons. The molecule has 1 aromatic heterocycles. The van der Waals surface area contributed by atoms with Gasteiger partial charge >= 0.3 is 0 Å². The topological polar surface area (TPSA) is 49.0 Å². The lowest BCUT2D eigenvalue weighted by Crippen LogP contribution is -2.26. The monoisotopic (exact) mass is 299 g/mol. The summed E-state index contributed by atoms with van der Waals surface area (Å²) < 4.78 is 0. The first-order valence-electron chi connectivity index (χ1n) is 8.04. The summed E-state index contributed by atoms with van der Waals surface area (Å²) in [6.07, 6.45) is 4.89. The first kappa shape index (κ1) is 16.3. The quantitative estimate of drug-likeness (QED) is 0.756. The molecular formula is C18H25N3O. The minimum atomic E-state index is 0.223. The largest absolute Gasteiger partial charge is 0.346 e. The number of aromatic amines is 1. The Balaban J connectivity index is 1.70. The molecule has 1 amide bonds. The van der Waals surface area contributed by atoms with Crippen LogP contribution in [0.4, 0.5) is 0 Å². The molecule has 0 aliphatic rings. The number of nitrogens with zero attached hydrogens (tertiary/aromatic N) is 2. The Kier molecular flexibility index (Phi) is 6.19. The second kappa shape index (κ2) is 8.37. The minimum absolute atomic E-state index is 0.223. The van der Waals surface area contributed by atoms with E-state index in [0.29, 0.717) is 6.42 Å². The van der Waals surface area contributed by atoms with E-state index >= 15 is 0 Å². The molecule has 0 aliphatic heterocycles. The van der Waals surface area contributed by atoms with E-state index in [9.17, 15) is 4.79 Å². The molecule has 0 bridgehead atoms. The van der Waals surface area contributed by atoms with Crippen LogP contribution in [0.5, 0.6) is 0 Å². The Labute approximate surface area is 132 Å². The van der Waals surface area contributed by atoms with Gasteiger partial charge in [-0.2, -0.15) is 5.10 Å². The summed E-state index contributed by atoms with van der Waals surface area (Å²) in [5, 5.41) is 7.49. The highest BCUT2D eigenvalue weighted by molar-refractivity contribution is 5.75. The van der Waals surface area contributed by atoms with Crippen molar-refractivity contribution in [3.63, 3.8) is 0 Å². The van der Waals surface area contributed by atoms with Crippen LogP contribution in [0.2, 0.25) is 0 Å². The maximum absolute atomic E-state index is 11.4. The van der Waals surface area contributed by atoms with Crippen LogP contribution in [0.25, 0.3) is 11.3 Å². The molecule has 0 saturated heterocycles. The molecule has 2 rings (SSSR count). The van der Waals surface area contributed by atoms with Gasteiger partial charge in [0.25, 0.3) is 0 Å². The minimum Gasteiger partial charge on any atom is -0.346 e. The summed E-state index contributed by atoms with van der Waals surface area (Å²) in [6, 6.07) is 12.3. The predicted octanol–water partition coefficient (Wildman–Crippen LogP) is 3.66. The Morgan fingerprint density at radius 3 is 2.68 bits per heavy atom. The standard InChI is InChI=1S/C18H25N3O/c1-3-18(22)21(2)13-9-5-8-12-16-14-17(20-19-16)15-10-6-4-7-11-15/h4,6-7,10-11,14H,3,5,8-9,12-13H2,1-2H3,(H,19,20). The third-order valence-electron chi connectivity index (χ3n) is 3.87. The van der Waals surface area contributed by atoms with Crippen molar-refractivity contribution in [2.75, 3.05) is 13.6 Å². The van der Waals surface area contributed by atoms with Crippen molar-refractivity contribution in [2.45, 2.75) is 39.0 Å². The van der Waals surface area contributed by atoms with Crippen LogP contribution >= 0.6 is 0 Å². The van der Waals surface area contributed by atoms with Crippen LogP contribution in [0, 0.1) is 0 Å². The number of unbranched alkanes of at least 4 members (excludes halogenated alkanes) is 2. The number of aromatic nitrogens is 2. The van der Waals surface area contributed by atoms with Crippen molar-refractivity contribution in [1.29, 1.82) is 0 Å². The van der Waals surface area contributed by atoms with Gasteiger partial charge in [-0.15, -0.1) is 0 Å². The molecule has 118 valence electrons. The molecule has 1 N–H and O–H groups in total. The summed E-state index contributed by atoms with van der Waals surface area (Å²) in [5.74, 6) is 0.223. The van der Waals surface area contributed by atoms with Crippen molar-refractivity contribution in [3.05, 3.63) is 42.1 Å². The second-order valence-corrected chi connectivity index (χ2v) is 5.62. The number of carbonyl (C=O) groups excluding carboxylic acids is 1. The number of carbonyl (C=O) groups is 1. The molecule has 4 nitrogen and oxygen atoms in total. The SMILES string of the molecule is CCC(=O)N(C)CCCCCc1cc(-c2ccccc2)n[nH]1. The summed E-state index contributed by atoms with van der Waals surface area (Å²) in [5.41, 5.74) is 3.32. The van der Waals surface area contributed by atoms with Gasteiger partial charge in [-0.3, -0.25) is 9.89 Å². The predicted molar refractivity (Wildman–Crippen MR) is 89.5 cm³/mol. The van der Waals surface area contributed by atoms with E-state index in [1.165, 1.54) is 5.69 Å². The van der Waals surface area contributed by atoms with Crippen molar-refractivity contribution in [1.82, 2.24) is 15.1 Å². The van der Waals surface area contributed by atoms with Crippen molar-refractivity contribution in [3.8, 4) is 11.3 Å². The number of nitrogens with one attached hydrogen (secondary N) is 1. The van der Waals surface area contributed by atoms with Crippen molar-refractivity contribution in [2.24, 2.45) is 0 Å². The molecular weight excluding hydrogens is 274 g/mol. The van der Waals surface area contributed by atoms with Crippen molar-refractivity contribution < 1.29 is 4.79 Å². The fraction of sp³-hybridized carbons (Fsp3) is 0.444. The lowest BCUT2D eigenvalue weighted by molar-refractivity contribution is -0.129. The summed E-state index contributed by atoms with van der Waals surface area (Å²) >= 11 is 0. The molecule has 0 spiro atoms. The third-order valence-corrected chi connectivity index (χ3v) is 3.87. The number of rotatable bonds is 8. The highest BCUT2D eigenvalue weighted by Crippen LogP contribution is 2.17. The Morgan fingerprint density at radius 2 is 1.95 bits per heavy atom. The van der Waals surface area contributed by atoms with Gasteiger partial charge in [-0.05, 0) is 25.3 Å². The number of H-pyrrole nitrogens is 1. The third kappa shape index (κ3) is 4.72. The zero-order chi connectivity index (χ0) is 15.8. The molecule has 22 heavy (non-hydrogen) atoms. The summed E-state index contributed by atoms with van der Waals surface area (Å²) in [4.78, 5) is 13.3. The molecule has 2 aromatic rings. The smallest absolute Gasteiger partial charge is 0.222 e. The second-order valence-electron chi connectivity index (χ2n) is 5.62. The normalized spacial score (nSPS) is 10.6. The summed E-state index contributed by atoms with van der Waals surface area (Å²) in [6.45, 7) is 2.76. The number of hydrogen-bond donors (Lipinski definition) is 1. The van der Waals surface area contributed by atoms with Gasteiger partial charge in [0.2, 0.25) is 5.91 Å². The highest BCUT2D eigenvalue weighted by atomic mass is 16.2. The van der Waals surface area contributed by atoms with E-state index in [1.807, 2.05) is 37.1 Å². The van der Waals surface area contributed by atoms with E-state index in [1.54, 1.807) is 0 Å². The lowest BCUT2D eigenvalue weighted by Gasteiger charge is -2.15. The number of benzene rings is 1. The highest BCUT2D eigenvalue weighted by Gasteiger charge is 2.06. The van der Waals surface area contributed by atoms with Gasteiger partial charge in [0, 0.05) is 31.3 Å². The van der Waals surface area contributed by atoms with Crippen LogP contribution < -0.4 is 0 Å². The van der Waals surface area contributed by atoms with Gasteiger partial charge < -0.3 is 4.90 Å². The lowest BCUT2D eigenvalue weighted by atomic mass is 10.1. The van der Waals surface area contributed by atoms with Crippen LogP contribution in [0.3, 0.4) is 0 Å². The molecule has 4 heteroatoms. The maximum Gasteiger partial charge on any atom is 0.222 e. The summed E-state index contributed by atoms with van der Waals surface area (Å²) in [7, 11) is 1.88. The van der Waals surface area contributed by atoms with Crippen LogP contribution in [0.1, 0.15) is 38.3 Å². The van der Waals surface area contributed by atoms with Crippen LogP contribution in [-0.2, 0) is 11.2 Å². The van der Waals surface area contributed by atoms with Gasteiger partial charge in [-0.1, -0.05) is 43.7 Å². The zero-order valence-electron chi connectivity index (χ0n) is 13.5. The number of hydrogen-bond acceptors (Lipinski definition) is 2. The fourth-order valence-corrected chi connectivity index (χ4v) is 2.48. The number of aryl methyl sites for hydroxylation is 1.